The highest BCUT2D eigenvalue weighted by Gasteiger charge is 2.19. The van der Waals surface area contributed by atoms with Crippen LogP contribution in [0.5, 0.6) is 0 Å². The molecule has 122 valence electrons. The molecule has 23 heavy (non-hydrogen) atoms. The van der Waals surface area contributed by atoms with Gasteiger partial charge in [-0.2, -0.15) is 0 Å². The van der Waals surface area contributed by atoms with E-state index in [2.05, 4.69) is 5.32 Å². The van der Waals surface area contributed by atoms with Crippen molar-refractivity contribution >= 4 is 51.4 Å². The summed E-state index contributed by atoms with van der Waals surface area (Å²) in [4.78, 5) is 25.4. The van der Waals surface area contributed by atoms with Gasteiger partial charge in [0.05, 0.1) is 12.2 Å². The maximum Gasteiger partial charge on any atom is 0.341 e. The second kappa shape index (κ2) is 7.81. The second-order valence-corrected chi connectivity index (χ2v) is 6.65. The Morgan fingerprint density at radius 2 is 1.78 bits per heavy atom. The Labute approximate surface area is 148 Å². The van der Waals surface area contributed by atoms with E-state index < -0.39 is 5.97 Å². The lowest BCUT2D eigenvalue weighted by atomic mass is 10.2. The van der Waals surface area contributed by atoms with Crippen LogP contribution in [0.2, 0.25) is 10.0 Å². The number of hydrogen-bond acceptors (Lipinski definition) is 4. The van der Waals surface area contributed by atoms with Gasteiger partial charge in [-0.15, -0.1) is 11.3 Å². The van der Waals surface area contributed by atoms with Gasteiger partial charge in [-0.25, -0.2) is 4.79 Å². The van der Waals surface area contributed by atoms with E-state index in [1.807, 2.05) is 6.92 Å². The Balaban J connectivity index is 2.29. The quantitative estimate of drug-likeness (QED) is 0.748. The predicted molar refractivity (Wildman–Crippen MR) is 94.1 cm³/mol. The number of ether oxygens (including phenoxy) is 1. The summed E-state index contributed by atoms with van der Waals surface area (Å²) >= 11 is 13.2. The molecule has 4 nitrogen and oxygen atoms in total. The number of thiophene rings is 1. The molecule has 0 radical (unpaired) electrons. The van der Waals surface area contributed by atoms with Gasteiger partial charge >= 0.3 is 5.97 Å². The van der Waals surface area contributed by atoms with E-state index >= 15 is 0 Å². The number of carbonyl (C=O) groups excluding carboxylic acids is 2. The molecule has 0 spiro atoms. The van der Waals surface area contributed by atoms with Crippen molar-refractivity contribution in [3.05, 3.63) is 50.3 Å². The normalized spacial score (nSPS) is 10.4. The molecule has 1 heterocycles. The number of amides is 1. The van der Waals surface area contributed by atoms with E-state index in [0.717, 1.165) is 11.3 Å². The molecule has 0 unspecified atom stereocenters. The zero-order chi connectivity index (χ0) is 17.0. The minimum absolute atomic E-state index is 0.271. The Hall–Kier alpha value is -1.56. The number of anilines is 1. The molecule has 0 saturated carbocycles. The summed E-state index contributed by atoms with van der Waals surface area (Å²) in [5, 5.41) is 3.93. The number of nitrogens with one attached hydrogen (secondary N) is 1. The van der Waals surface area contributed by atoms with Crippen molar-refractivity contribution in [1.82, 2.24) is 0 Å². The summed E-state index contributed by atoms with van der Waals surface area (Å²) in [6.45, 7) is 3.98. The lowest BCUT2D eigenvalue weighted by molar-refractivity contribution is 0.0528. The third-order valence-electron chi connectivity index (χ3n) is 2.98. The van der Waals surface area contributed by atoms with Crippen molar-refractivity contribution in [2.24, 2.45) is 0 Å². The first-order valence-electron chi connectivity index (χ1n) is 7.01. The summed E-state index contributed by atoms with van der Waals surface area (Å²) in [5.74, 6) is -0.840. The Kier molecular flexibility index (Phi) is 6.04. The molecule has 0 saturated heterocycles. The van der Waals surface area contributed by atoms with Crippen molar-refractivity contribution in [3.63, 3.8) is 0 Å². The van der Waals surface area contributed by atoms with Gasteiger partial charge < -0.3 is 10.1 Å². The van der Waals surface area contributed by atoms with Crippen LogP contribution in [0.25, 0.3) is 0 Å². The third kappa shape index (κ3) is 4.47. The first kappa shape index (κ1) is 17.8. The summed E-state index contributed by atoms with van der Waals surface area (Å²) < 4.78 is 5.03. The van der Waals surface area contributed by atoms with Crippen LogP contribution >= 0.6 is 34.5 Å². The summed E-state index contributed by atoms with van der Waals surface area (Å²) in [6, 6.07) is 6.32. The van der Waals surface area contributed by atoms with Crippen LogP contribution in [-0.2, 0) is 11.2 Å². The highest BCUT2D eigenvalue weighted by molar-refractivity contribution is 7.16. The summed E-state index contributed by atoms with van der Waals surface area (Å²) in [7, 11) is 0. The molecule has 1 N–H and O–H groups in total. The zero-order valence-electron chi connectivity index (χ0n) is 12.6. The number of carbonyl (C=O) groups is 2. The third-order valence-corrected chi connectivity index (χ3v) is 4.61. The van der Waals surface area contributed by atoms with E-state index in [9.17, 15) is 9.59 Å². The summed E-state index contributed by atoms with van der Waals surface area (Å²) in [6.07, 6.45) is 0.760. The zero-order valence-corrected chi connectivity index (χ0v) is 14.9. The van der Waals surface area contributed by atoms with E-state index in [-0.39, 0.29) is 12.5 Å². The Bertz CT molecular complexity index is 723. The molecule has 2 rings (SSSR count). The van der Waals surface area contributed by atoms with Crippen LogP contribution in [0.3, 0.4) is 0 Å². The maximum absolute atomic E-state index is 12.4. The monoisotopic (exact) mass is 371 g/mol. The highest BCUT2D eigenvalue weighted by Crippen LogP contribution is 2.30. The van der Waals surface area contributed by atoms with Crippen molar-refractivity contribution in [2.75, 3.05) is 11.9 Å². The second-order valence-electron chi connectivity index (χ2n) is 4.64. The molecule has 7 heteroatoms. The topological polar surface area (TPSA) is 55.4 Å². The average molecular weight is 372 g/mol. The van der Waals surface area contributed by atoms with Gasteiger partial charge in [0.15, 0.2) is 0 Å². The highest BCUT2D eigenvalue weighted by atomic mass is 35.5. The van der Waals surface area contributed by atoms with Crippen LogP contribution in [-0.4, -0.2) is 18.5 Å². The molecule has 1 amide bonds. The molecule has 1 aromatic heterocycles. The fourth-order valence-electron chi connectivity index (χ4n) is 1.93. The fourth-order valence-corrected chi connectivity index (χ4v) is 3.44. The van der Waals surface area contributed by atoms with Crippen LogP contribution in [0.15, 0.2) is 24.3 Å². The molecule has 0 atom stereocenters. The van der Waals surface area contributed by atoms with Gasteiger partial charge in [-0.3, -0.25) is 4.79 Å². The molecule has 0 fully saturated rings. The van der Waals surface area contributed by atoms with Crippen molar-refractivity contribution in [1.29, 1.82) is 0 Å². The lowest BCUT2D eigenvalue weighted by Crippen LogP contribution is -2.14. The van der Waals surface area contributed by atoms with Gasteiger partial charge in [0.1, 0.15) is 5.00 Å². The molecule has 0 aliphatic rings. The largest absolute Gasteiger partial charge is 0.462 e. The molecular weight excluding hydrogens is 357 g/mol. The average Bonchev–Trinajstić information content (AvgIpc) is 2.89. The van der Waals surface area contributed by atoms with Crippen LogP contribution in [0.1, 0.15) is 39.4 Å². The molecule has 2 aromatic rings. The van der Waals surface area contributed by atoms with Gasteiger partial charge in [0.2, 0.25) is 0 Å². The predicted octanol–water partition coefficient (Wildman–Crippen LogP) is 5.05. The number of halogens is 2. The number of rotatable bonds is 5. The SMILES string of the molecule is CCOC(=O)c1cc(CC)sc1NC(=O)c1cc(Cl)cc(Cl)c1. The van der Waals surface area contributed by atoms with Gasteiger partial charge in [0.25, 0.3) is 5.91 Å². The van der Waals surface area contributed by atoms with Crippen molar-refractivity contribution in [3.8, 4) is 0 Å². The Morgan fingerprint density at radius 3 is 2.35 bits per heavy atom. The number of aryl methyl sites for hydroxylation is 1. The van der Waals surface area contributed by atoms with Crippen LogP contribution in [0.4, 0.5) is 5.00 Å². The molecule has 1 aromatic carbocycles. The minimum Gasteiger partial charge on any atom is -0.462 e. The van der Waals surface area contributed by atoms with E-state index in [0.29, 0.717) is 26.2 Å². The van der Waals surface area contributed by atoms with Crippen LogP contribution in [0, 0.1) is 0 Å². The maximum atomic E-state index is 12.4. The Morgan fingerprint density at radius 1 is 1.13 bits per heavy atom. The smallest absolute Gasteiger partial charge is 0.341 e. The van der Waals surface area contributed by atoms with E-state index in [4.69, 9.17) is 27.9 Å². The van der Waals surface area contributed by atoms with Crippen molar-refractivity contribution < 1.29 is 14.3 Å². The standard InChI is InChI=1S/C16H15Cl2NO3S/c1-3-12-8-13(16(21)22-4-2)15(23-12)19-14(20)9-5-10(17)7-11(18)6-9/h5-8H,3-4H2,1-2H3,(H,19,20). The lowest BCUT2D eigenvalue weighted by Gasteiger charge is -2.07. The molecule has 0 aliphatic carbocycles. The van der Waals surface area contributed by atoms with Crippen molar-refractivity contribution in [2.45, 2.75) is 20.3 Å². The van der Waals surface area contributed by atoms with Crippen LogP contribution < -0.4 is 5.32 Å². The first-order valence-corrected chi connectivity index (χ1v) is 8.59. The molecule has 0 aliphatic heterocycles. The summed E-state index contributed by atoms with van der Waals surface area (Å²) in [5.41, 5.74) is 0.680. The van der Waals surface area contributed by atoms with Gasteiger partial charge in [-0.1, -0.05) is 30.1 Å². The van der Waals surface area contributed by atoms with E-state index in [1.165, 1.54) is 23.5 Å². The number of benzene rings is 1. The van der Waals surface area contributed by atoms with Gasteiger partial charge in [-0.05, 0) is 37.6 Å². The van der Waals surface area contributed by atoms with Gasteiger partial charge in [0, 0.05) is 20.5 Å². The number of esters is 1. The minimum atomic E-state index is -0.456. The molecule has 0 bridgehead atoms. The molecular formula is C16H15Cl2NO3S. The van der Waals surface area contributed by atoms with E-state index in [1.54, 1.807) is 19.1 Å². The number of hydrogen-bond donors (Lipinski definition) is 1. The fraction of sp³-hybridized carbons (Fsp3) is 0.250. The first-order chi connectivity index (χ1) is 10.9.